The van der Waals surface area contributed by atoms with Crippen molar-refractivity contribution in [2.45, 2.75) is 30.0 Å². The molecule has 14 heteroatoms. The number of halogens is 13. The summed E-state index contributed by atoms with van der Waals surface area (Å²) in [5.41, 5.74) is 0. The first-order chi connectivity index (χ1) is 7.94. The van der Waals surface area contributed by atoms with E-state index in [2.05, 4.69) is 0 Å². The second-order valence-corrected chi connectivity index (χ2v) is 3.00. The summed E-state index contributed by atoms with van der Waals surface area (Å²) in [4.78, 5) is 0. The predicted octanol–water partition coefficient (Wildman–Crippen LogP) is 4.12. The highest BCUT2D eigenvalue weighted by atomic mass is 19.4. The van der Waals surface area contributed by atoms with Crippen LogP contribution >= 0.6 is 0 Å². The molecule has 0 aliphatic heterocycles. The van der Waals surface area contributed by atoms with Crippen LogP contribution in [0.5, 0.6) is 0 Å². The molecule has 0 atom stereocenters. The quantitative estimate of drug-likeness (QED) is 0.428. The van der Waals surface area contributed by atoms with Gasteiger partial charge in [0.05, 0.1) is 5.34 Å². The summed E-state index contributed by atoms with van der Waals surface area (Å²) < 4.78 is 154. The van der Waals surface area contributed by atoms with Crippen LogP contribution in [-0.2, 0) is 0 Å². The van der Waals surface area contributed by atoms with E-state index in [9.17, 15) is 57.3 Å². The van der Waals surface area contributed by atoms with E-state index in [4.69, 9.17) is 0 Å². The highest BCUT2D eigenvalue weighted by molar-refractivity contribution is 5.04. The molecule has 0 saturated heterocycles. The largest absolute Gasteiger partial charge is 0.460 e. The number of alkyl halides is 11. The molecule has 0 saturated carbocycles. The Morgan fingerprint density at radius 1 is 0.474 bits per heavy atom. The SMILES string of the molecule is FN(F)C(F)(F)C(F)(F)C(F)(F)C(F)(F)C(F)(F)F. The average Bonchev–Trinajstić information content (AvgIpc) is 2.14. The lowest BCUT2D eigenvalue weighted by Gasteiger charge is -2.36. The molecule has 1 nitrogen and oxygen atoms in total. The first-order valence-electron chi connectivity index (χ1n) is 3.64. The molecule has 0 amide bonds. The van der Waals surface area contributed by atoms with Crippen LogP contribution < -0.4 is 0 Å². The fourth-order valence-corrected chi connectivity index (χ4v) is 0.670. The molecule has 0 fully saturated rings. The Morgan fingerprint density at radius 3 is 1.00 bits per heavy atom. The van der Waals surface area contributed by atoms with Crippen molar-refractivity contribution in [2.24, 2.45) is 0 Å². The van der Waals surface area contributed by atoms with Crippen molar-refractivity contribution < 1.29 is 57.3 Å². The summed E-state index contributed by atoms with van der Waals surface area (Å²) in [7, 11) is 0. The van der Waals surface area contributed by atoms with E-state index in [0.717, 1.165) is 0 Å². The highest BCUT2D eigenvalue weighted by Crippen LogP contribution is 2.57. The minimum atomic E-state index is -7.82. The summed E-state index contributed by atoms with van der Waals surface area (Å²) in [5.74, 6) is -23.2. The molecule has 0 bridgehead atoms. The molecule has 0 spiro atoms. The topological polar surface area (TPSA) is 3.24 Å². The third-order valence-electron chi connectivity index (χ3n) is 1.73. The third kappa shape index (κ3) is 2.29. The molecular formula is C5F13N. The van der Waals surface area contributed by atoms with Crippen molar-refractivity contribution in [2.75, 3.05) is 0 Å². The Hall–Kier alpha value is -0.950. The second-order valence-electron chi connectivity index (χ2n) is 3.00. The molecule has 0 heterocycles. The van der Waals surface area contributed by atoms with Crippen molar-refractivity contribution in [3.05, 3.63) is 0 Å². The van der Waals surface area contributed by atoms with E-state index in [0.29, 0.717) is 0 Å². The standard InChI is InChI=1S/C5F13N/c6-1(7,2(8,9)4(12,13)14)3(10,11)5(15,16)19(17)18. The Bertz CT molecular complexity index is 326. The van der Waals surface area contributed by atoms with Crippen molar-refractivity contribution >= 4 is 0 Å². The van der Waals surface area contributed by atoms with Gasteiger partial charge < -0.3 is 0 Å². The smallest absolute Gasteiger partial charge is 0.192 e. The van der Waals surface area contributed by atoms with Gasteiger partial charge in [0.15, 0.2) is 0 Å². The summed E-state index contributed by atoms with van der Waals surface area (Å²) >= 11 is 0. The average molecular weight is 321 g/mol. The van der Waals surface area contributed by atoms with E-state index < -0.39 is 35.3 Å². The van der Waals surface area contributed by atoms with Gasteiger partial charge in [0.2, 0.25) is 0 Å². The minimum Gasteiger partial charge on any atom is -0.192 e. The fourth-order valence-electron chi connectivity index (χ4n) is 0.670. The number of rotatable bonds is 4. The molecular weight excluding hydrogens is 321 g/mol. The maximum absolute atomic E-state index is 12.3. The van der Waals surface area contributed by atoms with Gasteiger partial charge in [-0.1, -0.05) is 8.96 Å². The van der Waals surface area contributed by atoms with E-state index in [1.54, 1.807) is 0 Å². The maximum Gasteiger partial charge on any atom is 0.460 e. The maximum atomic E-state index is 12.3. The predicted molar refractivity (Wildman–Crippen MR) is 29.9 cm³/mol. The van der Waals surface area contributed by atoms with Gasteiger partial charge in [-0.3, -0.25) is 0 Å². The summed E-state index contributed by atoms with van der Waals surface area (Å²) in [6, 6.07) is -7.26. The highest BCUT2D eigenvalue weighted by Gasteiger charge is 2.88. The van der Waals surface area contributed by atoms with Gasteiger partial charge in [-0.2, -0.15) is 48.3 Å². The lowest BCUT2D eigenvalue weighted by atomic mass is 10.0. The van der Waals surface area contributed by atoms with Crippen molar-refractivity contribution in [1.29, 1.82) is 0 Å². The lowest BCUT2D eigenvalue weighted by molar-refractivity contribution is -0.471. The molecule has 0 unspecified atom stereocenters. The molecule has 0 aromatic carbocycles. The van der Waals surface area contributed by atoms with Gasteiger partial charge in [-0.25, -0.2) is 0 Å². The molecule has 0 aromatic rings. The Morgan fingerprint density at radius 2 is 0.789 bits per heavy atom. The molecule has 116 valence electrons. The van der Waals surface area contributed by atoms with Crippen LogP contribution in [0.1, 0.15) is 0 Å². The minimum absolute atomic E-state index is 3.90. The second kappa shape index (κ2) is 4.28. The molecule has 0 radical (unpaired) electrons. The Balaban J connectivity index is 5.92. The first kappa shape index (κ1) is 18.0. The molecule has 0 aromatic heterocycles. The van der Waals surface area contributed by atoms with E-state index >= 15 is 0 Å². The van der Waals surface area contributed by atoms with Crippen LogP contribution in [0.3, 0.4) is 0 Å². The van der Waals surface area contributed by atoms with Gasteiger partial charge >= 0.3 is 30.0 Å². The van der Waals surface area contributed by atoms with Crippen LogP contribution in [0.4, 0.5) is 57.3 Å². The molecule has 0 aliphatic rings. The lowest BCUT2D eigenvalue weighted by Crippen LogP contribution is -2.68. The van der Waals surface area contributed by atoms with Crippen LogP contribution in [0.2, 0.25) is 0 Å². The van der Waals surface area contributed by atoms with Crippen molar-refractivity contribution in [3.8, 4) is 0 Å². The summed E-state index contributed by atoms with van der Waals surface area (Å²) in [6.07, 6.45) is -7.37. The zero-order valence-electron chi connectivity index (χ0n) is 7.86. The third-order valence-corrected chi connectivity index (χ3v) is 1.73. The first-order valence-corrected chi connectivity index (χ1v) is 3.64. The molecule has 0 N–H and O–H groups in total. The number of hydrogen-bond donors (Lipinski definition) is 0. The van der Waals surface area contributed by atoms with Gasteiger partial charge in [0, 0.05) is 0 Å². The molecule has 0 aliphatic carbocycles. The van der Waals surface area contributed by atoms with Crippen LogP contribution in [0.15, 0.2) is 0 Å². The van der Waals surface area contributed by atoms with Gasteiger partial charge in [-0.05, 0) is 0 Å². The van der Waals surface area contributed by atoms with Crippen molar-refractivity contribution in [1.82, 2.24) is 5.34 Å². The zero-order valence-corrected chi connectivity index (χ0v) is 7.86. The zero-order chi connectivity index (χ0) is 16.1. The van der Waals surface area contributed by atoms with Crippen LogP contribution in [-0.4, -0.2) is 35.3 Å². The summed E-state index contributed by atoms with van der Waals surface area (Å²) in [6.45, 7) is 0. The van der Waals surface area contributed by atoms with E-state index in [1.165, 1.54) is 0 Å². The van der Waals surface area contributed by atoms with Crippen LogP contribution in [0, 0.1) is 0 Å². The van der Waals surface area contributed by atoms with Gasteiger partial charge in [-0.15, -0.1) is 0 Å². The Labute approximate surface area is 94.0 Å². The monoisotopic (exact) mass is 321 g/mol. The normalized spacial score (nSPS) is 16.1. The van der Waals surface area contributed by atoms with Crippen molar-refractivity contribution in [3.63, 3.8) is 0 Å². The fraction of sp³-hybridized carbons (Fsp3) is 1.00. The molecule has 19 heavy (non-hydrogen) atoms. The van der Waals surface area contributed by atoms with E-state index in [1.807, 2.05) is 0 Å². The van der Waals surface area contributed by atoms with E-state index in [-0.39, 0.29) is 0 Å². The van der Waals surface area contributed by atoms with Crippen LogP contribution in [0.25, 0.3) is 0 Å². The Kier molecular flexibility index (Phi) is 4.06. The summed E-state index contributed by atoms with van der Waals surface area (Å²) in [5, 5.41) is -3.90. The molecule has 0 rings (SSSR count). The van der Waals surface area contributed by atoms with Gasteiger partial charge in [0.25, 0.3) is 0 Å². The number of hydrogen-bond acceptors (Lipinski definition) is 1. The van der Waals surface area contributed by atoms with Gasteiger partial charge in [0.1, 0.15) is 0 Å². The number of nitrogens with zero attached hydrogens (tertiary/aromatic N) is 1.